The van der Waals surface area contributed by atoms with Gasteiger partial charge in [0.15, 0.2) is 5.78 Å². The van der Waals surface area contributed by atoms with Crippen molar-refractivity contribution in [1.82, 2.24) is 24.0 Å². The maximum absolute atomic E-state index is 14.8. The Balaban J connectivity index is 0.945. The molecule has 2 aliphatic heterocycles. The summed E-state index contributed by atoms with van der Waals surface area (Å²) < 4.78 is 51.3. The maximum Gasteiger partial charge on any atom is 0.365 e. The Morgan fingerprint density at radius 3 is 2.56 bits per heavy atom. The first-order valence-electron chi connectivity index (χ1n) is 15.0. The Morgan fingerprint density at radius 2 is 1.84 bits per heavy atom. The number of nitrogens with zero attached hydrogens (tertiary/aromatic N) is 7. The van der Waals surface area contributed by atoms with Crippen LogP contribution in [0.5, 0.6) is 5.75 Å². The van der Waals surface area contributed by atoms with Crippen LogP contribution in [-0.2, 0) is 26.6 Å². The second kappa shape index (κ2) is 12.1. The van der Waals surface area contributed by atoms with Crippen molar-refractivity contribution in [2.45, 2.75) is 43.7 Å². The van der Waals surface area contributed by atoms with E-state index in [-0.39, 0.29) is 36.8 Å². The van der Waals surface area contributed by atoms with Crippen LogP contribution in [-0.4, -0.2) is 75.3 Å². The minimum absolute atomic E-state index is 0.0720. The van der Waals surface area contributed by atoms with Crippen molar-refractivity contribution in [3.05, 3.63) is 95.2 Å². The first-order valence-corrected chi connectivity index (χ1v) is 15.0. The van der Waals surface area contributed by atoms with Crippen LogP contribution in [0.3, 0.4) is 0 Å². The number of carbonyl (C=O) groups is 1. The minimum atomic E-state index is -1.46. The Morgan fingerprint density at radius 1 is 1.02 bits per heavy atom. The molecule has 2 aromatic carbocycles. The van der Waals surface area contributed by atoms with E-state index in [1.54, 1.807) is 23.3 Å². The van der Waals surface area contributed by atoms with Crippen molar-refractivity contribution in [3.63, 3.8) is 0 Å². The number of rotatable bonds is 9. The van der Waals surface area contributed by atoms with Crippen LogP contribution in [0.1, 0.15) is 30.9 Å². The molecule has 0 bridgehead atoms. The molecule has 3 fully saturated rings. The number of imidazole rings is 1. The summed E-state index contributed by atoms with van der Waals surface area (Å²) >= 11 is 0. The lowest BCUT2D eigenvalue weighted by atomic mass is 10.0. The lowest BCUT2D eigenvalue weighted by Crippen LogP contribution is -2.54. The van der Waals surface area contributed by atoms with Gasteiger partial charge in [-0.2, -0.15) is 9.77 Å². The molecule has 4 aromatic rings. The van der Waals surface area contributed by atoms with Gasteiger partial charge in [0, 0.05) is 49.2 Å². The molecule has 2 aromatic heterocycles. The van der Waals surface area contributed by atoms with E-state index in [0.29, 0.717) is 44.8 Å². The molecule has 3 unspecified atom stereocenters. The van der Waals surface area contributed by atoms with Crippen LogP contribution < -0.4 is 20.3 Å². The van der Waals surface area contributed by atoms with E-state index in [1.165, 1.54) is 27.8 Å². The highest BCUT2D eigenvalue weighted by molar-refractivity contribution is 5.84. The van der Waals surface area contributed by atoms with Gasteiger partial charge in [-0.25, -0.2) is 23.2 Å². The zero-order valence-corrected chi connectivity index (χ0v) is 24.5. The standard InChI is InChI=1S/C31H33F2N7O5/c32-22-4-9-26(27(33)16-22)31(19-36-11-10-34-20-36)44-18-25(45-31)17-43-24-7-5-23(6-8-24)37-12-14-38(15-13-37)39-21-35-40(30(39)42)28-2-1-3-29(28)41/h4-11,16,20-21,25,28H,1-3,12-15,17-19H2. The van der Waals surface area contributed by atoms with E-state index in [1.807, 2.05) is 29.3 Å². The normalized spacial score (nSPS) is 23.6. The fourth-order valence-corrected chi connectivity index (χ4v) is 6.26. The summed E-state index contributed by atoms with van der Waals surface area (Å²) in [5.74, 6) is -2.19. The predicted octanol–water partition coefficient (Wildman–Crippen LogP) is 2.62. The number of aromatic nitrogens is 5. The molecule has 12 nitrogen and oxygen atoms in total. The molecule has 45 heavy (non-hydrogen) atoms. The quantitative estimate of drug-likeness (QED) is 0.279. The SMILES string of the molecule is O=C1CCCC1n1ncn(N2CCN(c3ccc(OCC4COC(Cn5ccnc5)(c5ccc(F)cc5F)O4)cc3)CC2)c1=O. The first-order chi connectivity index (χ1) is 21.9. The summed E-state index contributed by atoms with van der Waals surface area (Å²) in [7, 11) is 0. The summed E-state index contributed by atoms with van der Waals surface area (Å²) in [5.41, 5.74) is 0.851. The summed E-state index contributed by atoms with van der Waals surface area (Å²) in [6.45, 7) is 3.10. The Hall–Kier alpha value is -4.56. The number of carbonyl (C=O) groups excluding carboxylic acids is 1. The molecule has 14 heteroatoms. The number of halogens is 2. The number of Topliss-reactive ketones (excluding diaryl/α,β-unsaturated/α-hetero) is 1. The molecular weight excluding hydrogens is 588 g/mol. The summed E-state index contributed by atoms with van der Waals surface area (Å²) in [6, 6.07) is 10.6. The fourth-order valence-electron chi connectivity index (χ4n) is 6.26. The highest BCUT2D eigenvalue weighted by atomic mass is 19.1. The molecule has 0 radical (unpaired) electrons. The summed E-state index contributed by atoms with van der Waals surface area (Å²) in [4.78, 5) is 31.3. The van der Waals surface area contributed by atoms with Gasteiger partial charge < -0.3 is 28.7 Å². The van der Waals surface area contributed by atoms with E-state index in [2.05, 4.69) is 15.0 Å². The molecule has 1 saturated carbocycles. The minimum Gasteiger partial charge on any atom is -0.491 e. The third-order valence-corrected chi connectivity index (χ3v) is 8.59. The molecule has 4 heterocycles. The number of hydrogen-bond donors (Lipinski definition) is 0. The smallest absolute Gasteiger partial charge is 0.365 e. The fraction of sp³-hybridized carbons (Fsp3) is 0.419. The number of ketones is 1. The van der Waals surface area contributed by atoms with Crippen molar-refractivity contribution in [2.24, 2.45) is 0 Å². The predicted molar refractivity (Wildman–Crippen MR) is 158 cm³/mol. The molecule has 0 spiro atoms. The van der Waals surface area contributed by atoms with Gasteiger partial charge in [-0.05, 0) is 49.2 Å². The highest BCUT2D eigenvalue weighted by Gasteiger charge is 2.46. The van der Waals surface area contributed by atoms with E-state index >= 15 is 0 Å². The Kier molecular flexibility index (Phi) is 7.83. The third kappa shape index (κ3) is 5.82. The molecule has 1 aliphatic carbocycles. The van der Waals surface area contributed by atoms with Crippen LogP contribution in [0.2, 0.25) is 0 Å². The van der Waals surface area contributed by atoms with Gasteiger partial charge in [-0.15, -0.1) is 0 Å². The van der Waals surface area contributed by atoms with E-state index in [9.17, 15) is 18.4 Å². The second-order valence-electron chi connectivity index (χ2n) is 11.5. The Labute approximate surface area is 257 Å². The van der Waals surface area contributed by atoms with Crippen LogP contribution >= 0.6 is 0 Å². The van der Waals surface area contributed by atoms with E-state index in [4.69, 9.17) is 14.2 Å². The molecular formula is C31H33F2N7O5. The number of piperazine rings is 1. The van der Waals surface area contributed by atoms with Gasteiger partial charge >= 0.3 is 5.69 Å². The van der Waals surface area contributed by atoms with Gasteiger partial charge in [-0.1, -0.05) is 0 Å². The lowest BCUT2D eigenvalue weighted by molar-refractivity contribution is -0.191. The first kappa shape index (κ1) is 29.2. The lowest BCUT2D eigenvalue weighted by Gasteiger charge is -2.36. The maximum atomic E-state index is 14.8. The largest absolute Gasteiger partial charge is 0.491 e. The Bertz CT molecular complexity index is 1700. The molecule has 7 rings (SSSR count). The summed E-state index contributed by atoms with van der Waals surface area (Å²) in [5, 5.41) is 6.18. The number of ether oxygens (including phenoxy) is 3. The zero-order chi connectivity index (χ0) is 31.0. The van der Waals surface area contributed by atoms with Crippen molar-refractivity contribution < 1.29 is 27.8 Å². The second-order valence-corrected chi connectivity index (χ2v) is 11.5. The molecule has 0 amide bonds. The van der Waals surface area contributed by atoms with E-state index in [0.717, 1.165) is 18.2 Å². The average molecular weight is 622 g/mol. The molecule has 3 atom stereocenters. The number of hydrogen-bond acceptors (Lipinski definition) is 9. The molecule has 236 valence electrons. The van der Waals surface area contributed by atoms with Crippen LogP contribution in [0, 0.1) is 11.6 Å². The highest BCUT2D eigenvalue weighted by Crippen LogP contribution is 2.38. The van der Waals surface area contributed by atoms with Crippen molar-refractivity contribution in [2.75, 3.05) is 49.3 Å². The molecule has 3 aliphatic rings. The zero-order valence-electron chi connectivity index (χ0n) is 24.5. The van der Waals surface area contributed by atoms with Crippen LogP contribution in [0.15, 0.2) is 72.3 Å². The van der Waals surface area contributed by atoms with Crippen LogP contribution in [0.25, 0.3) is 0 Å². The number of anilines is 1. The third-order valence-electron chi connectivity index (χ3n) is 8.59. The van der Waals surface area contributed by atoms with Crippen molar-refractivity contribution in [3.8, 4) is 5.75 Å². The average Bonchev–Trinajstić information content (AvgIpc) is 3.86. The molecule has 0 N–H and O–H groups in total. The van der Waals surface area contributed by atoms with E-state index < -0.39 is 29.6 Å². The van der Waals surface area contributed by atoms with Crippen molar-refractivity contribution in [1.29, 1.82) is 0 Å². The number of benzene rings is 2. The van der Waals surface area contributed by atoms with Gasteiger partial charge in [-0.3, -0.25) is 4.79 Å². The van der Waals surface area contributed by atoms with Gasteiger partial charge in [0.2, 0.25) is 5.79 Å². The monoisotopic (exact) mass is 621 g/mol. The van der Waals surface area contributed by atoms with Crippen LogP contribution in [0.4, 0.5) is 14.5 Å². The topological polar surface area (TPSA) is 109 Å². The van der Waals surface area contributed by atoms with Crippen molar-refractivity contribution >= 4 is 11.5 Å². The summed E-state index contributed by atoms with van der Waals surface area (Å²) in [6.07, 6.45) is 7.86. The van der Waals surface area contributed by atoms with Gasteiger partial charge in [0.1, 0.15) is 42.5 Å². The molecule has 2 saturated heterocycles. The van der Waals surface area contributed by atoms with Gasteiger partial charge in [0.05, 0.1) is 32.6 Å². The van der Waals surface area contributed by atoms with Gasteiger partial charge in [0.25, 0.3) is 0 Å².